The number of fused-ring (bicyclic) bond motifs is 1. The van der Waals surface area contributed by atoms with Gasteiger partial charge in [-0.15, -0.1) is 0 Å². The first-order chi connectivity index (χ1) is 8.29. The molecule has 0 radical (unpaired) electrons. The van der Waals surface area contributed by atoms with Crippen molar-refractivity contribution in [2.45, 2.75) is 45.1 Å². The molecule has 0 saturated carbocycles. The molecule has 0 bridgehead atoms. The molecule has 1 atom stereocenters. The molecule has 1 aromatic carbocycles. The molecular formula is C14H17ClO3. The Morgan fingerprint density at radius 1 is 1.56 bits per heavy atom. The largest absolute Gasteiger partial charge is 0.489 e. The van der Waals surface area contributed by atoms with E-state index in [1.165, 1.54) is 0 Å². The smallest absolute Gasteiger partial charge is 0.304 e. The summed E-state index contributed by atoms with van der Waals surface area (Å²) in [7, 11) is 0. The van der Waals surface area contributed by atoms with E-state index < -0.39 is 11.4 Å². The van der Waals surface area contributed by atoms with E-state index in [-0.39, 0.29) is 12.5 Å². The molecule has 3 nitrogen and oxygen atoms in total. The first-order valence-corrected chi connectivity index (χ1v) is 6.39. The summed E-state index contributed by atoms with van der Waals surface area (Å²) in [5, 5.41) is 9.53. The lowest BCUT2D eigenvalue weighted by molar-refractivity contribution is -0.138. The van der Waals surface area contributed by atoms with E-state index in [1.807, 2.05) is 32.9 Å². The second-order valence-corrected chi connectivity index (χ2v) is 5.94. The van der Waals surface area contributed by atoms with Crippen molar-refractivity contribution in [1.29, 1.82) is 0 Å². The van der Waals surface area contributed by atoms with Gasteiger partial charge in [-0.3, -0.25) is 4.79 Å². The fraction of sp³-hybridized carbons (Fsp3) is 0.500. The predicted octanol–water partition coefficient (Wildman–Crippen LogP) is 3.42. The molecule has 1 aromatic rings. The molecule has 1 aliphatic heterocycles. The summed E-state index contributed by atoms with van der Waals surface area (Å²) >= 11 is 6.21. The fourth-order valence-corrected chi connectivity index (χ4v) is 2.64. The minimum atomic E-state index is -0.804. The van der Waals surface area contributed by atoms with Gasteiger partial charge in [0.2, 0.25) is 0 Å². The van der Waals surface area contributed by atoms with E-state index in [4.69, 9.17) is 21.4 Å². The van der Waals surface area contributed by atoms with E-state index in [1.54, 1.807) is 0 Å². The summed E-state index contributed by atoms with van der Waals surface area (Å²) in [5.74, 6) is -0.0553. The molecule has 0 amide bonds. The van der Waals surface area contributed by atoms with Gasteiger partial charge in [0.05, 0.1) is 11.4 Å². The average molecular weight is 269 g/mol. The maximum atomic E-state index is 10.9. The zero-order valence-electron chi connectivity index (χ0n) is 10.8. The number of carbonyl (C=O) groups is 1. The molecule has 1 aliphatic rings. The number of carboxylic acids is 1. The van der Waals surface area contributed by atoms with Crippen molar-refractivity contribution in [2.75, 3.05) is 0 Å². The zero-order valence-corrected chi connectivity index (χ0v) is 11.5. The highest BCUT2D eigenvalue weighted by atomic mass is 35.5. The van der Waals surface area contributed by atoms with Gasteiger partial charge in [0.1, 0.15) is 11.9 Å². The number of halogens is 1. The van der Waals surface area contributed by atoms with Gasteiger partial charge in [-0.1, -0.05) is 31.5 Å². The van der Waals surface area contributed by atoms with Crippen LogP contribution in [0.25, 0.3) is 0 Å². The van der Waals surface area contributed by atoms with E-state index in [2.05, 4.69) is 0 Å². The topological polar surface area (TPSA) is 46.5 Å². The third-order valence-electron chi connectivity index (χ3n) is 3.32. The van der Waals surface area contributed by atoms with Gasteiger partial charge >= 0.3 is 5.97 Å². The van der Waals surface area contributed by atoms with Crippen LogP contribution in [-0.4, -0.2) is 17.2 Å². The summed E-state index contributed by atoms with van der Waals surface area (Å²) in [4.78, 5) is 10.9. The van der Waals surface area contributed by atoms with Gasteiger partial charge in [-0.25, -0.2) is 0 Å². The molecule has 2 rings (SSSR count). The van der Waals surface area contributed by atoms with Crippen LogP contribution in [0.1, 0.15) is 38.3 Å². The molecule has 18 heavy (non-hydrogen) atoms. The Balaban J connectivity index is 2.40. The van der Waals surface area contributed by atoms with Crippen LogP contribution in [0.3, 0.4) is 0 Å². The Hall–Kier alpha value is -1.22. The number of aliphatic carboxylic acids is 1. The highest BCUT2D eigenvalue weighted by molar-refractivity contribution is 6.32. The number of hydrogen-bond donors (Lipinski definition) is 1. The second-order valence-electron chi connectivity index (χ2n) is 5.53. The van der Waals surface area contributed by atoms with Gasteiger partial charge in [0.15, 0.2) is 0 Å². The van der Waals surface area contributed by atoms with Crippen LogP contribution in [0.2, 0.25) is 5.02 Å². The standard InChI is InChI=1S/C14H17ClO3/c1-8-4-9-5-10(6-11(15)13(9)18-8)14(2,3)7-12(16)17/h5-6,8H,4,7H2,1-3H3,(H,16,17). The van der Waals surface area contributed by atoms with Crippen molar-refractivity contribution in [3.05, 3.63) is 28.3 Å². The van der Waals surface area contributed by atoms with Gasteiger partial charge in [0, 0.05) is 11.8 Å². The molecule has 1 N–H and O–H groups in total. The van der Waals surface area contributed by atoms with Crippen LogP contribution in [0.5, 0.6) is 5.75 Å². The Bertz CT molecular complexity index is 494. The Morgan fingerprint density at radius 2 is 2.22 bits per heavy atom. The van der Waals surface area contributed by atoms with Crippen molar-refractivity contribution in [3.63, 3.8) is 0 Å². The number of hydrogen-bond acceptors (Lipinski definition) is 2. The molecule has 1 heterocycles. The van der Waals surface area contributed by atoms with Crippen molar-refractivity contribution in [2.24, 2.45) is 0 Å². The third kappa shape index (κ3) is 2.46. The number of ether oxygens (including phenoxy) is 1. The van der Waals surface area contributed by atoms with E-state index in [0.717, 1.165) is 23.3 Å². The monoisotopic (exact) mass is 268 g/mol. The number of rotatable bonds is 3. The van der Waals surface area contributed by atoms with Gasteiger partial charge in [-0.05, 0) is 24.1 Å². The van der Waals surface area contributed by atoms with Gasteiger partial charge < -0.3 is 9.84 Å². The maximum Gasteiger partial charge on any atom is 0.304 e. The lowest BCUT2D eigenvalue weighted by Crippen LogP contribution is -2.21. The van der Waals surface area contributed by atoms with E-state index in [0.29, 0.717) is 5.02 Å². The lowest BCUT2D eigenvalue weighted by atomic mass is 9.81. The first-order valence-electron chi connectivity index (χ1n) is 6.01. The Kier molecular flexibility index (Phi) is 3.28. The summed E-state index contributed by atoms with van der Waals surface area (Å²) in [6.07, 6.45) is 1.04. The molecule has 98 valence electrons. The summed E-state index contributed by atoms with van der Waals surface area (Å²) in [6, 6.07) is 3.84. The van der Waals surface area contributed by atoms with Crippen molar-refractivity contribution in [1.82, 2.24) is 0 Å². The number of carboxylic acid groups (broad SMARTS) is 1. The van der Waals surface area contributed by atoms with Crippen molar-refractivity contribution < 1.29 is 14.6 Å². The van der Waals surface area contributed by atoms with Crippen LogP contribution in [-0.2, 0) is 16.6 Å². The molecular weight excluding hydrogens is 252 g/mol. The zero-order chi connectivity index (χ0) is 13.5. The first kappa shape index (κ1) is 13.2. The molecule has 0 saturated heterocycles. The minimum absolute atomic E-state index is 0.0819. The molecule has 0 aromatic heterocycles. The fourth-order valence-electron chi connectivity index (χ4n) is 2.36. The van der Waals surface area contributed by atoms with Crippen LogP contribution < -0.4 is 4.74 Å². The van der Waals surface area contributed by atoms with Gasteiger partial charge in [0.25, 0.3) is 0 Å². The second kappa shape index (κ2) is 4.47. The van der Waals surface area contributed by atoms with Crippen molar-refractivity contribution >= 4 is 17.6 Å². The molecule has 0 aliphatic carbocycles. The predicted molar refractivity (Wildman–Crippen MR) is 70.5 cm³/mol. The van der Waals surface area contributed by atoms with Crippen LogP contribution >= 0.6 is 11.6 Å². The summed E-state index contributed by atoms with van der Waals surface area (Å²) in [6.45, 7) is 5.83. The highest BCUT2D eigenvalue weighted by Gasteiger charge is 2.29. The number of benzene rings is 1. The molecule has 0 fully saturated rings. The van der Waals surface area contributed by atoms with Crippen LogP contribution in [0, 0.1) is 0 Å². The quantitative estimate of drug-likeness (QED) is 0.914. The summed E-state index contributed by atoms with van der Waals surface area (Å²) in [5.41, 5.74) is 1.59. The van der Waals surface area contributed by atoms with Crippen LogP contribution in [0.15, 0.2) is 12.1 Å². The highest BCUT2D eigenvalue weighted by Crippen LogP contribution is 2.40. The SMILES string of the molecule is CC1Cc2cc(C(C)(C)CC(=O)O)cc(Cl)c2O1. The maximum absolute atomic E-state index is 10.9. The van der Waals surface area contributed by atoms with E-state index in [9.17, 15) is 4.79 Å². The van der Waals surface area contributed by atoms with Gasteiger partial charge in [-0.2, -0.15) is 0 Å². The molecule has 1 unspecified atom stereocenters. The Morgan fingerprint density at radius 3 is 2.83 bits per heavy atom. The third-order valence-corrected chi connectivity index (χ3v) is 3.60. The Labute approximate surface area is 112 Å². The van der Waals surface area contributed by atoms with E-state index >= 15 is 0 Å². The van der Waals surface area contributed by atoms with Crippen LogP contribution in [0.4, 0.5) is 0 Å². The normalized spacial score (nSPS) is 18.3. The molecule has 4 heteroatoms. The minimum Gasteiger partial charge on any atom is -0.489 e. The average Bonchev–Trinajstić information content (AvgIpc) is 2.57. The summed E-state index contributed by atoms with van der Waals surface area (Å²) < 4.78 is 5.64. The molecule has 0 spiro atoms. The van der Waals surface area contributed by atoms with Crippen molar-refractivity contribution in [3.8, 4) is 5.75 Å². The lowest BCUT2D eigenvalue weighted by Gasteiger charge is -2.24.